The van der Waals surface area contributed by atoms with E-state index >= 15 is 0 Å². The predicted octanol–water partition coefficient (Wildman–Crippen LogP) is 6.93. The van der Waals surface area contributed by atoms with Gasteiger partial charge in [0, 0.05) is 5.56 Å². The molecule has 0 amide bonds. The number of hydrogen-bond acceptors (Lipinski definition) is 4. The Balaban J connectivity index is 1.77. The highest BCUT2D eigenvalue weighted by atomic mass is 16.5. The van der Waals surface area contributed by atoms with Crippen molar-refractivity contribution in [3.63, 3.8) is 0 Å². The number of hydrogen-bond donors (Lipinski definition) is 3. The van der Waals surface area contributed by atoms with E-state index in [1.54, 1.807) is 0 Å². The summed E-state index contributed by atoms with van der Waals surface area (Å²) >= 11 is 0. The molecule has 4 heteroatoms. The molecular formula is C29H50O4. The zero-order valence-electron chi connectivity index (χ0n) is 22.6. The smallest absolute Gasteiger partial charge is 0.127 e. The van der Waals surface area contributed by atoms with Crippen LogP contribution in [-0.2, 0) is 6.42 Å². The van der Waals surface area contributed by atoms with Crippen LogP contribution >= 0.6 is 0 Å². The predicted molar refractivity (Wildman–Crippen MR) is 137 cm³/mol. The molecule has 0 aromatic heterocycles. The monoisotopic (exact) mass is 462 g/mol. The van der Waals surface area contributed by atoms with Crippen LogP contribution in [-0.4, -0.2) is 32.6 Å². The highest BCUT2D eigenvalue weighted by Gasteiger charge is 2.34. The van der Waals surface area contributed by atoms with Gasteiger partial charge in [-0.25, -0.2) is 0 Å². The number of aromatic hydroxyl groups is 1. The second-order valence-corrected chi connectivity index (χ2v) is 12.0. The van der Waals surface area contributed by atoms with E-state index in [0.717, 1.165) is 86.6 Å². The maximum absolute atomic E-state index is 10.6. The van der Waals surface area contributed by atoms with Gasteiger partial charge in [-0.15, -0.1) is 0 Å². The summed E-state index contributed by atoms with van der Waals surface area (Å²) in [6.07, 6.45) is 9.47. The number of phenols is 1. The van der Waals surface area contributed by atoms with Crippen molar-refractivity contribution in [1.82, 2.24) is 0 Å². The van der Waals surface area contributed by atoms with Crippen molar-refractivity contribution < 1.29 is 20.1 Å². The number of aliphatic hydroxyl groups is 2. The first-order valence-corrected chi connectivity index (χ1v) is 13.1. The molecule has 1 heterocycles. The molecule has 0 bridgehead atoms. The molecule has 0 fully saturated rings. The lowest BCUT2D eigenvalue weighted by Crippen LogP contribution is -2.37. The molecule has 4 atom stereocenters. The van der Waals surface area contributed by atoms with Crippen molar-refractivity contribution in [2.45, 2.75) is 137 Å². The molecule has 3 N–H and O–H groups in total. The Hall–Kier alpha value is -1.26. The summed E-state index contributed by atoms with van der Waals surface area (Å²) in [6, 6.07) is 0. The summed E-state index contributed by atoms with van der Waals surface area (Å²) < 4.78 is 6.57. The fourth-order valence-electron chi connectivity index (χ4n) is 5.44. The largest absolute Gasteiger partial charge is 0.507 e. The van der Waals surface area contributed by atoms with Crippen molar-refractivity contribution in [3.05, 3.63) is 22.3 Å². The Morgan fingerprint density at radius 3 is 2.12 bits per heavy atom. The highest BCUT2D eigenvalue weighted by Crippen LogP contribution is 2.44. The zero-order chi connectivity index (χ0) is 25.0. The Morgan fingerprint density at radius 2 is 1.55 bits per heavy atom. The summed E-state index contributed by atoms with van der Waals surface area (Å²) in [6.45, 7) is 16.4. The summed E-state index contributed by atoms with van der Waals surface area (Å²) in [7, 11) is 0. The molecule has 4 unspecified atom stereocenters. The van der Waals surface area contributed by atoms with Crippen LogP contribution in [0.25, 0.3) is 0 Å². The van der Waals surface area contributed by atoms with E-state index in [9.17, 15) is 15.3 Å². The number of rotatable bonds is 12. The fraction of sp³-hybridized carbons (Fsp3) is 0.793. The van der Waals surface area contributed by atoms with E-state index in [1.807, 2.05) is 34.6 Å². The lowest BCUT2D eigenvalue weighted by molar-refractivity contribution is 0.0499. The lowest BCUT2D eigenvalue weighted by atomic mass is 9.83. The Morgan fingerprint density at radius 1 is 0.970 bits per heavy atom. The summed E-state index contributed by atoms with van der Waals surface area (Å²) in [5, 5.41) is 30.8. The first-order valence-electron chi connectivity index (χ1n) is 13.1. The van der Waals surface area contributed by atoms with E-state index < -0.39 is 5.60 Å². The van der Waals surface area contributed by atoms with Gasteiger partial charge in [0.05, 0.1) is 11.7 Å². The van der Waals surface area contributed by atoms with Gasteiger partial charge in [0.2, 0.25) is 0 Å². The Kier molecular flexibility index (Phi) is 9.70. The molecule has 1 aliphatic rings. The molecule has 33 heavy (non-hydrogen) atoms. The maximum Gasteiger partial charge on any atom is 0.127 e. The van der Waals surface area contributed by atoms with Crippen LogP contribution in [0.2, 0.25) is 0 Å². The van der Waals surface area contributed by atoms with Gasteiger partial charge < -0.3 is 20.1 Å². The molecule has 2 rings (SSSR count). The Bertz CT molecular complexity index is 779. The minimum atomic E-state index is -0.592. The van der Waals surface area contributed by atoms with Crippen molar-refractivity contribution in [2.75, 3.05) is 0 Å². The maximum atomic E-state index is 10.6. The lowest BCUT2D eigenvalue weighted by Gasteiger charge is -2.38. The van der Waals surface area contributed by atoms with Gasteiger partial charge in [0.1, 0.15) is 17.1 Å². The fourth-order valence-corrected chi connectivity index (χ4v) is 5.44. The number of benzene rings is 1. The first kappa shape index (κ1) is 28.0. The van der Waals surface area contributed by atoms with Crippen LogP contribution in [0.4, 0.5) is 0 Å². The molecule has 0 spiro atoms. The van der Waals surface area contributed by atoms with Gasteiger partial charge in [-0.2, -0.15) is 0 Å². The standard InChI is InChI=1S/C29H50O4/c1-19(11-9-14-28(6,7)32)17-24(30)18-20(2)12-10-15-29(8)16-13-25-23(5)26(31)21(3)22(4)27(25)33-29/h19-20,24,30-32H,9-18H2,1-8H3. The molecule has 1 aromatic rings. The molecule has 0 radical (unpaired) electrons. The van der Waals surface area contributed by atoms with Crippen molar-refractivity contribution >= 4 is 0 Å². The number of fused-ring (bicyclic) bond motifs is 1. The minimum Gasteiger partial charge on any atom is -0.507 e. The molecule has 190 valence electrons. The van der Waals surface area contributed by atoms with Crippen LogP contribution in [0.1, 0.15) is 115 Å². The number of ether oxygens (including phenoxy) is 1. The van der Waals surface area contributed by atoms with Gasteiger partial charge in [0.25, 0.3) is 0 Å². The van der Waals surface area contributed by atoms with Crippen LogP contribution in [0.15, 0.2) is 0 Å². The van der Waals surface area contributed by atoms with E-state index in [4.69, 9.17) is 4.74 Å². The molecule has 4 nitrogen and oxygen atoms in total. The summed E-state index contributed by atoms with van der Waals surface area (Å²) in [5.41, 5.74) is 3.36. The first-order chi connectivity index (χ1) is 15.2. The molecule has 0 saturated heterocycles. The molecular weight excluding hydrogens is 412 g/mol. The number of phenolic OH excluding ortho intramolecular Hbond substituents is 1. The van der Waals surface area contributed by atoms with Gasteiger partial charge in [-0.3, -0.25) is 0 Å². The Labute approximate surface area is 202 Å². The van der Waals surface area contributed by atoms with E-state index in [2.05, 4.69) is 20.8 Å². The van der Waals surface area contributed by atoms with Crippen molar-refractivity contribution in [3.8, 4) is 11.5 Å². The van der Waals surface area contributed by atoms with Crippen LogP contribution in [0, 0.1) is 32.6 Å². The second kappa shape index (κ2) is 11.4. The van der Waals surface area contributed by atoms with Crippen LogP contribution in [0.3, 0.4) is 0 Å². The topological polar surface area (TPSA) is 69.9 Å². The minimum absolute atomic E-state index is 0.166. The van der Waals surface area contributed by atoms with E-state index in [-0.39, 0.29) is 11.7 Å². The SMILES string of the molecule is Cc1c(C)c2c(c(C)c1O)CCC(C)(CCCC(C)CC(O)CC(C)CCCC(C)(C)O)O2. The summed E-state index contributed by atoms with van der Waals surface area (Å²) in [4.78, 5) is 0. The highest BCUT2D eigenvalue weighted by molar-refractivity contribution is 5.58. The third-order valence-electron chi connectivity index (χ3n) is 7.83. The average Bonchev–Trinajstić information content (AvgIpc) is 2.69. The van der Waals surface area contributed by atoms with Crippen LogP contribution in [0.5, 0.6) is 11.5 Å². The van der Waals surface area contributed by atoms with Gasteiger partial charge in [-0.05, 0) is 115 Å². The van der Waals surface area contributed by atoms with Gasteiger partial charge in [0.15, 0.2) is 0 Å². The quantitative estimate of drug-likeness (QED) is 0.315. The van der Waals surface area contributed by atoms with E-state index in [0.29, 0.717) is 17.6 Å². The normalized spacial score (nSPS) is 21.3. The third-order valence-corrected chi connectivity index (χ3v) is 7.83. The number of aliphatic hydroxyl groups excluding tert-OH is 1. The molecule has 1 aromatic carbocycles. The third kappa shape index (κ3) is 8.17. The zero-order valence-corrected chi connectivity index (χ0v) is 22.6. The van der Waals surface area contributed by atoms with Gasteiger partial charge in [-0.1, -0.05) is 33.1 Å². The molecule has 0 saturated carbocycles. The average molecular weight is 463 g/mol. The van der Waals surface area contributed by atoms with Gasteiger partial charge >= 0.3 is 0 Å². The summed E-state index contributed by atoms with van der Waals surface area (Å²) in [5.74, 6) is 2.38. The molecule has 1 aliphatic heterocycles. The van der Waals surface area contributed by atoms with E-state index in [1.165, 1.54) is 5.56 Å². The van der Waals surface area contributed by atoms with Crippen LogP contribution < -0.4 is 4.74 Å². The van der Waals surface area contributed by atoms with Crippen molar-refractivity contribution in [2.24, 2.45) is 11.8 Å². The second-order valence-electron chi connectivity index (χ2n) is 12.0. The van der Waals surface area contributed by atoms with Crippen molar-refractivity contribution in [1.29, 1.82) is 0 Å². The molecule has 0 aliphatic carbocycles.